The van der Waals surface area contributed by atoms with Gasteiger partial charge in [-0.3, -0.25) is 4.79 Å². The molecule has 1 aliphatic rings. The van der Waals surface area contributed by atoms with Gasteiger partial charge in [-0.15, -0.1) is 0 Å². The van der Waals surface area contributed by atoms with Crippen molar-refractivity contribution < 1.29 is 22.7 Å². The Morgan fingerprint density at radius 2 is 1.75 bits per heavy atom. The standard InChI is InChI=1S/C20H20ClF3N2O2/c1-14(28-18-8-3-2-7-17(18)21)19(27)26-11-9-25(10-12-26)16-6-4-5-15(13-16)20(22,23)24/h2-8,13-14H,9-12H2,1H3/t14-/m0/s1. The van der Waals surface area contributed by atoms with Gasteiger partial charge in [0.1, 0.15) is 5.75 Å². The van der Waals surface area contributed by atoms with Crippen LogP contribution in [0, 0.1) is 0 Å². The van der Waals surface area contributed by atoms with E-state index in [9.17, 15) is 18.0 Å². The lowest BCUT2D eigenvalue weighted by Gasteiger charge is -2.37. The van der Waals surface area contributed by atoms with E-state index >= 15 is 0 Å². The second kappa shape index (κ2) is 8.31. The predicted molar refractivity (Wildman–Crippen MR) is 102 cm³/mol. The maximum atomic E-state index is 12.9. The summed E-state index contributed by atoms with van der Waals surface area (Å²) in [7, 11) is 0. The third-order valence-corrected chi connectivity index (χ3v) is 4.93. The molecule has 3 rings (SSSR count). The highest BCUT2D eigenvalue weighted by Crippen LogP contribution is 2.32. The third kappa shape index (κ3) is 4.70. The van der Waals surface area contributed by atoms with E-state index in [4.69, 9.17) is 16.3 Å². The first-order valence-corrected chi connectivity index (χ1v) is 9.25. The van der Waals surface area contributed by atoms with E-state index in [0.717, 1.165) is 12.1 Å². The van der Waals surface area contributed by atoms with Crippen molar-refractivity contribution in [1.82, 2.24) is 4.90 Å². The van der Waals surface area contributed by atoms with Crippen LogP contribution < -0.4 is 9.64 Å². The number of ether oxygens (including phenoxy) is 1. The molecule has 0 N–H and O–H groups in total. The van der Waals surface area contributed by atoms with Crippen molar-refractivity contribution in [1.29, 1.82) is 0 Å². The number of para-hydroxylation sites is 1. The molecule has 1 amide bonds. The van der Waals surface area contributed by atoms with Crippen molar-refractivity contribution in [2.24, 2.45) is 0 Å². The van der Waals surface area contributed by atoms with Crippen molar-refractivity contribution in [3.05, 3.63) is 59.1 Å². The van der Waals surface area contributed by atoms with Gasteiger partial charge in [-0.2, -0.15) is 13.2 Å². The monoisotopic (exact) mass is 412 g/mol. The van der Waals surface area contributed by atoms with E-state index in [1.165, 1.54) is 6.07 Å². The number of amides is 1. The van der Waals surface area contributed by atoms with Crippen molar-refractivity contribution in [3.8, 4) is 5.75 Å². The van der Waals surface area contributed by atoms with Crippen LogP contribution in [0.5, 0.6) is 5.75 Å². The number of carbonyl (C=O) groups excluding carboxylic acids is 1. The van der Waals surface area contributed by atoms with Crippen molar-refractivity contribution in [2.75, 3.05) is 31.1 Å². The van der Waals surface area contributed by atoms with E-state index in [1.807, 2.05) is 4.90 Å². The van der Waals surface area contributed by atoms with Crippen LogP contribution in [-0.2, 0) is 11.0 Å². The van der Waals surface area contributed by atoms with E-state index in [0.29, 0.717) is 42.6 Å². The Morgan fingerprint density at radius 1 is 1.07 bits per heavy atom. The van der Waals surface area contributed by atoms with Crippen LogP contribution in [0.15, 0.2) is 48.5 Å². The summed E-state index contributed by atoms with van der Waals surface area (Å²) >= 11 is 6.05. The summed E-state index contributed by atoms with van der Waals surface area (Å²) in [5, 5.41) is 0.427. The Labute approximate surface area is 166 Å². The van der Waals surface area contributed by atoms with Gasteiger partial charge in [-0.25, -0.2) is 0 Å². The van der Waals surface area contributed by atoms with Gasteiger partial charge in [0.2, 0.25) is 0 Å². The first-order valence-electron chi connectivity index (χ1n) is 8.88. The molecule has 0 aliphatic carbocycles. The van der Waals surface area contributed by atoms with Crippen LogP contribution in [0.3, 0.4) is 0 Å². The first kappa shape index (κ1) is 20.3. The van der Waals surface area contributed by atoms with Gasteiger partial charge < -0.3 is 14.5 Å². The Kier molecular flexibility index (Phi) is 6.03. The summed E-state index contributed by atoms with van der Waals surface area (Å²) in [5.41, 5.74) is -0.174. The molecule has 1 fully saturated rings. The van der Waals surface area contributed by atoms with Gasteiger partial charge in [-0.1, -0.05) is 29.8 Å². The molecule has 28 heavy (non-hydrogen) atoms. The van der Waals surface area contributed by atoms with Crippen molar-refractivity contribution in [2.45, 2.75) is 19.2 Å². The molecule has 0 radical (unpaired) electrons. The number of hydrogen-bond acceptors (Lipinski definition) is 3. The van der Waals surface area contributed by atoms with Gasteiger partial charge in [0.25, 0.3) is 5.91 Å². The van der Waals surface area contributed by atoms with E-state index in [2.05, 4.69) is 0 Å². The van der Waals surface area contributed by atoms with Crippen LogP contribution in [0.4, 0.5) is 18.9 Å². The average molecular weight is 413 g/mol. The van der Waals surface area contributed by atoms with E-state index < -0.39 is 17.8 Å². The average Bonchev–Trinajstić information content (AvgIpc) is 2.69. The van der Waals surface area contributed by atoms with Crippen LogP contribution in [0.1, 0.15) is 12.5 Å². The molecule has 1 atom stereocenters. The summed E-state index contributed by atoms with van der Waals surface area (Å²) < 4.78 is 44.4. The lowest BCUT2D eigenvalue weighted by atomic mass is 10.1. The number of alkyl halides is 3. The SMILES string of the molecule is C[C@H](Oc1ccccc1Cl)C(=O)N1CCN(c2cccc(C(F)(F)F)c2)CC1. The lowest BCUT2D eigenvalue weighted by molar-refractivity contribution is -0.138. The molecule has 0 spiro atoms. The zero-order chi connectivity index (χ0) is 20.3. The molecular weight excluding hydrogens is 393 g/mol. The normalized spacial score (nSPS) is 16.0. The molecule has 1 heterocycles. The summed E-state index contributed by atoms with van der Waals surface area (Å²) in [6, 6.07) is 12.2. The number of piperazine rings is 1. The molecule has 0 bridgehead atoms. The van der Waals surface area contributed by atoms with Gasteiger partial charge in [0.15, 0.2) is 6.10 Å². The van der Waals surface area contributed by atoms with Crippen molar-refractivity contribution in [3.63, 3.8) is 0 Å². The minimum Gasteiger partial charge on any atom is -0.479 e. The Morgan fingerprint density at radius 3 is 2.39 bits per heavy atom. The van der Waals surface area contributed by atoms with Crippen molar-refractivity contribution >= 4 is 23.2 Å². The maximum Gasteiger partial charge on any atom is 0.416 e. The lowest BCUT2D eigenvalue weighted by Crippen LogP contribution is -2.52. The summed E-state index contributed by atoms with van der Waals surface area (Å²) in [6.07, 6.45) is -5.08. The van der Waals surface area contributed by atoms with Crippen LogP contribution in [0.2, 0.25) is 5.02 Å². The van der Waals surface area contributed by atoms with Crippen LogP contribution in [-0.4, -0.2) is 43.1 Å². The second-order valence-electron chi connectivity index (χ2n) is 6.55. The van der Waals surface area contributed by atoms with E-state index in [1.54, 1.807) is 42.2 Å². The highest BCUT2D eigenvalue weighted by molar-refractivity contribution is 6.32. The molecule has 8 heteroatoms. The zero-order valence-electron chi connectivity index (χ0n) is 15.2. The fourth-order valence-corrected chi connectivity index (χ4v) is 3.28. The Hall–Kier alpha value is -2.41. The van der Waals surface area contributed by atoms with Gasteiger partial charge >= 0.3 is 6.18 Å². The molecule has 4 nitrogen and oxygen atoms in total. The number of anilines is 1. The molecule has 1 aliphatic heterocycles. The predicted octanol–water partition coefficient (Wildman–Crippen LogP) is 4.47. The number of halogens is 4. The molecule has 150 valence electrons. The largest absolute Gasteiger partial charge is 0.479 e. The van der Waals surface area contributed by atoms with Gasteiger partial charge in [-0.05, 0) is 37.3 Å². The number of nitrogens with zero attached hydrogens (tertiary/aromatic N) is 2. The minimum absolute atomic E-state index is 0.177. The summed E-state index contributed by atoms with van der Waals surface area (Å²) in [4.78, 5) is 16.1. The topological polar surface area (TPSA) is 32.8 Å². The minimum atomic E-state index is -4.38. The fraction of sp³-hybridized carbons (Fsp3) is 0.350. The number of carbonyl (C=O) groups is 1. The van der Waals surface area contributed by atoms with Crippen LogP contribution >= 0.6 is 11.6 Å². The quantitative estimate of drug-likeness (QED) is 0.742. The number of rotatable bonds is 4. The number of hydrogen-bond donors (Lipinski definition) is 0. The summed E-state index contributed by atoms with van der Waals surface area (Å²) in [5.74, 6) is 0.260. The highest BCUT2D eigenvalue weighted by atomic mass is 35.5. The third-order valence-electron chi connectivity index (χ3n) is 4.62. The second-order valence-corrected chi connectivity index (χ2v) is 6.96. The number of benzene rings is 2. The summed E-state index contributed by atoms with van der Waals surface area (Å²) in [6.45, 7) is 3.37. The smallest absolute Gasteiger partial charge is 0.416 e. The Bertz CT molecular complexity index is 836. The maximum absolute atomic E-state index is 12.9. The molecule has 2 aromatic rings. The molecular formula is C20H20ClF3N2O2. The zero-order valence-corrected chi connectivity index (χ0v) is 16.0. The van der Waals surface area contributed by atoms with Gasteiger partial charge in [0.05, 0.1) is 10.6 Å². The molecule has 2 aromatic carbocycles. The molecule has 0 unspecified atom stereocenters. The Balaban J connectivity index is 1.59. The van der Waals surface area contributed by atoms with Crippen LogP contribution in [0.25, 0.3) is 0 Å². The van der Waals surface area contributed by atoms with Gasteiger partial charge in [0, 0.05) is 31.9 Å². The fourth-order valence-electron chi connectivity index (χ4n) is 3.10. The highest BCUT2D eigenvalue weighted by Gasteiger charge is 2.31. The molecule has 0 aromatic heterocycles. The first-order chi connectivity index (χ1) is 13.3. The van der Waals surface area contributed by atoms with E-state index in [-0.39, 0.29) is 5.91 Å². The molecule has 1 saturated heterocycles. The molecule has 0 saturated carbocycles.